The van der Waals surface area contributed by atoms with Gasteiger partial charge in [-0.15, -0.1) is 11.6 Å². The number of hydrogen-bond donors (Lipinski definition) is 2. The third-order valence-electron chi connectivity index (χ3n) is 1.48. The number of carbonyl (C=O) groups is 2. The Kier molecular flexibility index (Phi) is 4.83. The molecule has 0 saturated heterocycles. The number of halogens is 2. The highest BCUT2D eigenvalue weighted by Gasteiger charge is 2.05. The Labute approximate surface area is 106 Å². The second-order valence-corrected chi connectivity index (χ2v) is 4.16. The molecule has 0 fully saturated rings. The molecular formula is C9H8ClIN2O2. The summed E-state index contributed by atoms with van der Waals surface area (Å²) >= 11 is 7.38. The first-order valence-corrected chi connectivity index (χ1v) is 5.65. The Hall–Kier alpha value is -0.820. The van der Waals surface area contributed by atoms with E-state index in [1.165, 1.54) is 0 Å². The van der Waals surface area contributed by atoms with Crippen molar-refractivity contribution in [1.29, 1.82) is 0 Å². The van der Waals surface area contributed by atoms with E-state index in [0.717, 1.165) is 3.57 Å². The Morgan fingerprint density at radius 2 is 1.87 bits per heavy atom. The molecule has 3 amide bonds. The van der Waals surface area contributed by atoms with Crippen LogP contribution in [0.1, 0.15) is 0 Å². The van der Waals surface area contributed by atoms with Gasteiger partial charge >= 0.3 is 6.03 Å². The van der Waals surface area contributed by atoms with E-state index in [1.807, 2.05) is 12.1 Å². The summed E-state index contributed by atoms with van der Waals surface area (Å²) in [6, 6.07) is 6.60. The molecule has 6 heteroatoms. The second kappa shape index (κ2) is 5.92. The van der Waals surface area contributed by atoms with E-state index in [2.05, 4.69) is 33.2 Å². The first kappa shape index (κ1) is 12.3. The van der Waals surface area contributed by atoms with Crippen molar-refractivity contribution in [3.8, 4) is 0 Å². The largest absolute Gasteiger partial charge is 0.325 e. The number of imide groups is 1. The van der Waals surface area contributed by atoms with Crippen molar-refractivity contribution in [3.63, 3.8) is 0 Å². The molecule has 0 atom stereocenters. The summed E-state index contributed by atoms with van der Waals surface area (Å²) < 4.78 is 1.07. The second-order valence-electron chi connectivity index (χ2n) is 2.64. The first-order valence-electron chi connectivity index (χ1n) is 4.04. The van der Waals surface area contributed by atoms with E-state index in [0.29, 0.717) is 5.69 Å². The molecular weight excluding hydrogens is 330 g/mol. The fourth-order valence-electron chi connectivity index (χ4n) is 0.856. The number of amides is 3. The Morgan fingerprint density at radius 3 is 2.40 bits per heavy atom. The van der Waals surface area contributed by atoms with Crippen LogP contribution in [-0.2, 0) is 4.79 Å². The Morgan fingerprint density at radius 1 is 1.27 bits per heavy atom. The summed E-state index contributed by atoms with van der Waals surface area (Å²) in [5.41, 5.74) is 0.621. The fourth-order valence-corrected chi connectivity index (χ4v) is 1.28. The van der Waals surface area contributed by atoms with Crippen molar-refractivity contribution in [3.05, 3.63) is 27.8 Å². The van der Waals surface area contributed by atoms with Crippen molar-refractivity contribution in [2.45, 2.75) is 0 Å². The molecule has 1 aromatic carbocycles. The molecule has 4 nitrogen and oxygen atoms in total. The van der Waals surface area contributed by atoms with E-state index in [4.69, 9.17) is 11.6 Å². The minimum absolute atomic E-state index is 0.236. The van der Waals surface area contributed by atoms with Crippen LogP contribution in [0.2, 0.25) is 0 Å². The first-order chi connectivity index (χ1) is 7.11. The van der Waals surface area contributed by atoms with Gasteiger partial charge in [-0.05, 0) is 46.9 Å². The van der Waals surface area contributed by atoms with Crippen LogP contribution < -0.4 is 10.6 Å². The zero-order chi connectivity index (χ0) is 11.3. The molecule has 80 valence electrons. The highest BCUT2D eigenvalue weighted by atomic mass is 127. The van der Waals surface area contributed by atoms with Gasteiger partial charge in [0.15, 0.2) is 0 Å². The lowest BCUT2D eigenvalue weighted by molar-refractivity contribution is -0.117. The number of benzene rings is 1. The van der Waals surface area contributed by atoms with Crippen LogP contribution in [0.25, 0.3) is 0 Å². The SMILES string of the molecule is O=C(CCl)NC(=O)Nc1ccc(I)cc1. The molecule has 0 spiro atoms. The zero-order valence-electron chi connectivity index (χ0n) is 7.59. The molecule has 0 bridgehead atoms. The number of carbonyl (C=O) groups excluding carboxylic acids is 2. The van der Waals surface area contributed by atoms with Crippen LogP contribution in [0.3, 0.4) is 0 Å². The topological polar surface area (TPSA) is 58.2 Å². The van der Waals surface area contributed by atoms with E-state index in [9.17, 15) is 9.59 Å². The Bertz CT molecular complexity index is 367. The highest BCUT2D eigenvalue weighted by Crippen LogP contribution is 2.10. The summed E-state index contributed by atoms with van der Waals surface area (Å²) in [5.74, 6) is -0.764. The van der Waals surface area contributed by atoms with Gasteiger partial charge in [-0.25, -0.2) is 4.79 Å². The zero-order valence-corrected chi connectivity index (χ0v) is 10.5. The van der Waals surface area contributed by atoms with Crippen LogP contribution in [0.15, 0.2) is 24.3 Å². The third kappa shape index (κ3) is 4.48. The average Bonchev–Trinajstić information content (AvgIpc) is 2.21. The van der Waals surface area contributed by atoms with Crippen LogP contribution in [0.5, 0.6) is 0 Å². The fraction of sp³-hybridized carbons (Fsp3) is 0.111. The van der Waals surface area contributed by atoms with E-state index < -0.39 is 11.9 Å². The average molecular weight is 339 g/mol. The van der Waals surface area contributed by atoms with Gasteiger partial charge in [0, 0.05) is 9.26 Å². The summed E-state index contributed by atoms with van der Waals surface area (Å²) in [6.45, 7) is 0. The van der Waals surface area contributed by atoms with Crippen molar-refractivity contribution >= 4 is 51.8 Å². The van der Waals surface area contributed by atoms with Crippen molar-refractivity contribution in [1.82, 2.24) is 5.32 Å². The van der Waals surface area contributed by atoms with Crippen LogP contribution in [0.4, 0.5) is 10.5 Å². The molecule has 2 N–H and O–H groups in total. The van der Waals surface area contributed by atoms with Gasteiger partial charge in [0.25, 0.3) is 0 Å². The molecule has 0 aliphatic heterocycles. The van der Waals surface area contributed by atoms with Crippen molar-refractivity contribution < 1.29 is 9.59 Å². The molecule has 1 rings (SSSR count). The van der Waals surface area contributed by atoms with Gasteiger partial charge in [0.1, 0.15) is 5.88 Å². The van der Waals surface area contributed by atoms with Crippen molar-refractivity contribution in [2.24, 2.45) is 0 Å². The minimum atomic E-state index is -0.582. The maximum absolute atomic E-state index is 11.2. The number of anilines is 1. The van der Waals surface area contributed by atoms with Crippen LogP contribution >= 0.6 is 34.2 Å². The standard InChI is InChI=1S/C9H8ClIN2O2/c10-5-8(14)13-9(15)12-7-3-1-6(11)2-4-7/h1-4H,5H2,(H2,12,13,14,15). The van der Waals surface area contributed by atoms with E-state index >= 15 is 0 Å². The number of alkyl halides is 1. The van der Waals surface area contributed by atoms with Gasteiger partial charge in [-0.2, -0.15) is 0 Å². The smallest absolute Gasteiger partial charge is 0.308 e. The summed E-state index contributed by atoms with van der Waals surface area (Å²) in [4.78, 5) is 21.9. The summed E-state index contributed by atoms with van der Waals surface area (Å²) in [7, 11) is 0. The van der Waals surface area contributed by atoms with Crippen molar-refractivity contribution in [2.75, 3.05) is 11.2 Å². The van der Waals surface area contributed by atoms with Gasteiger partial charge in [0.05, 0.1) is 0 Å². The molecule has 0 unspecified atom stereocenters. The molecule has 1 aromatic rings. The molecule has 0 aliphatic carbocycles. The quantitative estimate of drug-likeness (QED) is 0.641. The lowest BCUT2D eigenvalue weighted by atomic mass is 10.3. The number of urea groups is 1. The Balaban J connectivity index is 2.51. The maximum Gasteiger partial charge on any atom is 0.325 e. The summed E-state index contributed by atoms with van der Waals surface area (Å²) in [6.07, 6.45) is 0. The summed E-state index contributed by atoms with van der Waals surface area (Å²) in [5, 5.41) is 4.57. The molecule has 0 aliphatic rings. The number of rotatable bonds is 2. The lowest BCUT2D eigenvalue weighted by Crippen LogP contribution is -2.35. The molecule has 0 saturated carbocycles. The van der Waals surface area contributed by atoms with Gasteiger partial charge in [-0.3, -0.25) is 10.1 Å². The predicted molar refractivity (Wildman–Crippen MR) is 67.0 cm³/mol. The molecule has 0 heterocycles. The van der Waals surface area contributed by atoms with E-state index in [-0.39, 0.29) is 5.88 Å². The van der Waals surface area contributed by atoms with E-state index in [1.54, 1.807) is 12.1 Å². The maximum atomic E-state index is 11.2. The number of hydrogen-bond acceptors (Lipinski definition) is 2. The van der Waals surface area contributed by atoms with Gasteiger partial charge in [-0.1, -0.05) is 0 Å². The molecule has 0 aromatic heterocycles. The van der Waals surface area contributed by atoms with Crippen LogP contribution in [0, 0.1) is 3.57 Å². The molecule has 0 radical (unpaired) electrons. The minimum Gasteiger partial charge on any atom is -0.308 e. The third-order valence-corrected chi connectivity index (χ3v) is 2.44. The molecule has 15 heavy (non-hydrogen) atoms. The number of nitrogens with one attached hydrogen (secondary N) is 2. The lowest BCUT2D eigenvalue weighted by Gasteiger charge is -2.05. The van der Waals surface area contributed by atoms with Gasteiger partial charge in [0.2, 0.25) is 5.91 Å². The van der Waals surface area contributed by atoms with Gasteiger partial charge < -0.3 is 5.32 Å². The predicted octanol–water partition coefficient (Wildman–Crippen LogP) is 2.18. The van der Waals surface area contributed by atoms with Crippen LogP contribution in [-0.4, -0.2) is 17.8 Å². The highest BCUT2D eigenvalue weighted by molar-refractivity contribution is 14.1. The normalized spacial score (nSPS) is 9.47. The monoisotopic (exact) mass is 338 g/mol.